The highest BCUT2D eigenvalue weighted by atomic mass is 32.2. The van der Waals surface area contributed by atoms with Gasteiger partial charge in [-0.05, 0) is 29.8 Å². The van der Waals surface area contributed by atoms with Crippen molar-refractivity contribution in [3.63, 3.8) is 0 Å². The van der Waals surface area contributed by atoms with Crippen LogP contribution in [0, 0.1) is 0 Å². The largest absolute Gasteiger partial charge is 0.283 e. The number of aromatic nitrogens is 1. The number of rotatable bonds is 5. The van der Waals surface area contributed by atoms with E-state index < -0.39 is 10.0 Å². The zero-order chi connectivity index (χ0) is 18.0. The Kier molecular flexibility index (Phi) is 4.44. The van der Waals surface area contributed by atoms with Crippen LogP contribution in [0.25, 0.3) is 20.8 Å². The third kappa shape index (κ3) is 3.76. The van der Waals surface area contributed by atoms with Crippen LogP contribution >= 0.6 is 11.3 Å². The van der Waals surface area contributed by atoms with Crippen LogP contribution in [0.4, 0.5) is 5.69 Å². The van der Waals surface area contributed by atoms with Crippen molar-refractivity contribution >= 4 is 37.3 Å². The zero-order valence-corrected chi connectivity index (χ0v) is 15.4. The molecule has 0 aliphatic rings. The van der Waals surface area contributed by atoms with Gasteiger partial charge in [-0.15, -0.1) is 11.3 Å². The van der Waals surface area contributed by atoms with Crippen molar-refractivity contribution in [1.29, 1.82) is 0 Å². The van der Waals surface area contributed by atoms with Gasteiger partial charge in [0.05, 0.1) is 16.0 Å². The summed E-state index contributed by atoms with van der Waals surface area (Å²) in [6.07, 6.45) is 0. The summed E-state index contributed by atoms with van der Waals surface area (Å²) in [6, 6.07) is 24.4. The van der Waals surface area contributed by atoms with Crippen LogP contribution in [0.3, 0.4) is 0 Å². The van der Waals surface area contributed by atoms with Crippen molar-refractivity contribution in [2.75, 3.05) is 4.72 Å². The molecule has 1 heterocycles. The lowest BCUT2D eigenvalue weighted by atomic mass is 10.2. The Morgan fingerprint density at radius 3 is 2.46 bits per heavy atom. The molecule has 130 valence electrons. The topological polar surface area (TPSA) is 59.1 Å². The Labute approximate surface area is 156 Å². The van der Waals surface area contributed by atoms with Gasteiger partial charge in [0.2, 0.25) is 10.0 Å². The fourth-order valence-electron chi connectivity index (χ4n) is 2.72. The molecule has 0 aliphatic heterocycles. The molecule has 4 rings (SSSR count). The molecule has 0 saturated carbocycles. The first-order valence-electron chi connectivity index (χ1n) is 8.09. The Morgan fingerprint density at radius 2 is 1.65 bits per heavy atom. The van der Waals surface area contributed by atoms with E-state index in [4.69, 9.17) is 0 Å². The van der Waals surface area contributed by atoms with Gasteiger partial charge in [0.1, 0.15) is 5.01 Å². The number of thiazole rings is 1. The quantitative estimate of drug-likeness (QED) is 0.535. The summed E-state index contributed by atoms with van der Waals surface area (Å²) >= 11 is 1.59. The minimum Gasteiger partial charge on any atom is -0.283 e. The van der Waals surface area contributed by atoms with Gasteiger partial charge in [0.15, 0.2) is 0 Å². The van der Waals surface area contributed by atoms with Crippen molar-refractivity contribution in [3.8, 4) is 10.6 Å². The summed E-state index contributed by atoms with van der Waals surface area (Å²) in [5, 5.41) is 0.871. The highest BCUT2D eigenvalue weighted by Gasteiger charge is 2.13. The molecule has 0 unspecified atom stereocenters. The number of hydrogen-bond donors (Lipinski definition) is 1. The molecule has 3 aromatic carbocycles. The molecule has 4 aromatic rings. The number of para-hydroxylation sites is 1. The van der Waals surface area contributed by atoms with E-state index in [0.717, 1.165) is 26.4 Å². The lowest BCUT2D eigenvalue weighted by Gasteiger charge is -2.09. The molecule has 0 aliphatic carbocycles. The molecule has 1 N–H and O–H groups in total. The average molecular weight is 380 g/mol. The first kappa shape index (κ1) is 16.8. The Bertz CT molecular complexity index is 1120. The number of anilines is 1. The van der Waals surface area contributed by atoms with Crippen LogP contribution in [-0.4, -0.2) is 13.4 Å². The van der Waals surface area contributed by atoms with E-state index in [1.165, 1.54) is 0 Å². The van der Waals surface area contributed by atoms with Gasteiger partial charge in [-0.2, -0.15) is 0 Å². The zero-order valence-electron chi connectivity index (χ0n) is 13.8. The van der Waals surface area contributed by atoms with Crippen LogP contribution in [-0.2, 0) is 15.8 Å². The molecule has 0 spiro atoms. The minimum atomic E-state index is -3.48. The second-order valence-electron chi connectivity index (χ2n) is 5.91. The summed E-state index contributed by atoms with van der Waals surface area (Å²) in [5.41, 5.74) is 3.13. The van der Waals surface area contributed by atoms with E-state index in [0.29, 0.717) is 5.69 Å². The van der Waals surface area contributed by atoms with Crippen LogP contribution in [0.2, 0.25) is 0 Å². The maximum Gasteiger partial charge on any atom is 0.236 e. The van der Waals surface area contributed by atoms with Crippen LogP contribution in [0.15, 0.2) is 78.9 Å². The van der Waals surface area contributed by atoms with E-state index in [2.05, 4.69) is 9.71 Å². The standard InChI is InChI=1S/C20H16N2O2S2/c23-26(24,14-15-7-2-1-3-8-15)22-17-10-6-9-16(13-17)20-21-18-11-4-5-12-19(18)25-20/h1-13,22H,14H2. The van der Waals surface area contributed by atoms with Gasteiger partial charge in [-0.1, -0.05) is 54.6 Å². The molecule has 0 saturated heterocycles. The maximum atomic E-state index is 12.4. The Hall–Kier alpha value is -2.70. The molecular weight excluding hydrogens is 364 g/mol. The minimum absolute atomic E-state index is 0.0563. The highest BCUT2D eigenvalue weighted by molar-refractivity contribution is 7.91. The molecule has 0 amide bonds. The Morgan fingerprint density at radius 1 is 0.885 bits per heavy atom. The molecule has 26 heavy (non-hydrogen) atoms. The fraction of sp³-hybridized carbons (Fsp3) is 0.0500. The van der Waals surface area contributed by atoms with E-state index in [-0.39, 0.29) is 5.75 Å². The monoisotopic (exact) mass is 380 g/mol. The average Bonchev–Trinajstić information content (AvgIpc) is 3.06. The summed E-state index contributed by atoms with van der Waals surface area (Å²) in [5.74, 6) is -0.0563. The second kappa shape index (κ2) is 6.90. The highest BCUT2D eigenvalue weighted by Crippen LogP contribution is 2.31. The molecular formula is C20H16N2O2S2. The van der Waals surface area contributed by atoms with Crippen molar-refractivity contribution < 1.29 is 8.42 Å². The molecule has 6 heteroatoms. The van der Waals surface area contributed by atoms with Crippen molar-refractivity contribution in [3.05, 3.63) is 84.4 Å². The molecule has 0 fully saturated rings. The lowest BCUT2D eigenvalue weighted by Crippen LogP contribution is -2.15. The van der Waals surface area contributed by atoms with Crippen molar-refractivity contribution in [1.82, 2.24) is 4.98 Å². The smallest absolute Gasteiger partial charge is 0.236 e. The third-order valence-electron chi connectivity index (χ3n) is 3.88. The first-order valence-corrected chi connectivity index (χ1v) is 10.6. The van der Waals surface area contributed by atoms with Gasteiger partial charge < -0.3 is 0 Å². The van der Waals surface area contributed by atoms with Crippen molar-refractivity contribution in [2.45, 2.75) is 5.75 Å². The molecule has 0 radical (unpaired) electrons. The maximum absolute atomic E-state index is 12.4. The lowest BCUT2D eigenvalue weighted by molar-refractivity contribution is 0.600. The van der Waals surface area contributed by atoms with E-state index in [9.17, 15) is 8.42 Å². The molecule has 0 bridgehead atoms. The predicted octanol–water partition coefficient (Wildman–Crippen LogP) is 4.91. The molecule has 1 aromatic heterocycles. The summed E-state index contributed by atoms with van der Waals surface area (Å²) < 4.78 is 28.6. The van der Waals surface area contributed by atoms with Gasteiger partial charge in [-0.25, -0.2) is 13.4 Å². The summed E-state index contributed by atoms with van der Waals surface area (Å²) in [6.45, 7) is 0. The van der Waals surface area contributed by atoms with Crippen LogP contribution in [0.1, 0.15) is 5.56 Å². The number of benzene rings is 3. The summed E-state index contributed by atoms with van der Waals surface area (Å²) in [7, 11) is -3.48. The van der Waals surface area contributed by atoms with E-state index >= 15 is 0 Å². The number of hydrogen-bond acceptors (Lipinski definition) is 4. The van der Waals surface area contributed by atoms with Crippen molar-refractivity contribution in [2.24, 2.45) is 0 Å². The van der Waals surface area contributed by atoms with Gasteiger partial charge in [-0.3, -0.25) is 4.72 Å². The van der Waals surface area contributed by atoms with Gasteiger partial charge in [0, 0.05) is 11.3 Å². The first-order chi connectivity index (χ1) is 12.6. The fourth-order valence-corrected chi connectivity index (χ4v) is 4.87. The summed E-state index contributed by atoms with van der Waals surface area (Å²) in [4.78, 5) is 4.63. The van der Waals surface area contributed by atoms with Crippen LogP contribution in [0.5, 0.6) is 0 Å². The number of nitrogens with zero attached hydrogens (tertiary/aromatic N) is 1. The third-order valence-corrected chi connectivity index (χ3v) is 6.22. The molecule has 4 nitrogen and oxygen atoms in total. The van der Waals surface area contributed by atoms with E-state index in [1.807, 2.05) is 60.7 Å². The van der Waals surface area contributed by atoms with Gasteiger partial charge in [0.25, 0.3) is 0 Å². The van der Waals surface area contributed by atoms with Crippen LogP contribution < -0.4 is 4.72 Å². The predicted molar refractivity (Wildman–Crippen MR) is 108 cm³/mol. The van der Waals surface area contributed by atoms with Gasteiger partial charge >= 0.3 is 0 Å². The number of fused-ring (bicyclic) bond motifs is 1. The molecule has 0 atom stereocenters. The SMILES string of the molecule is O=S(=O)(Cc1ccccc1)Nc1cccc(-c2nc3ccccc3s2)c1. The second-order valence-corrected chi connectivity index (χ2v) is 8.67. The Balaban J connectivity index is 1.59. The number of nitrogens with one attached hydrogen (secondary N) is 1. The van der Waals surface area contributed by atoms with E-state index in [1.54, 1.807) is 29.5 Å². The number of sulfonamides is 1. The normalized spacial score (nSPS) is 11.5.